The van der Waals surface area contributed by atoms with E-state index in [1.807, 2.05) is 20.8 Å². The molecule has 0 aromatic rings. The van der Waals surface area contributed by atoms with Crippen LogP contribution < -0.4 is 0 Å². The van der Waals surface area contributed by atoms with Crippen molar-refractivity contribution in [1.82, 2.24) is 0 Å². The second-order valence-electron chi connectivity index (χ2n) is 2.57. The van der Waals surface area contributed by atoms with Gasteiger partial charge in [0.1, 0.15) is 0 Å². The van der Waals surface area contributed by atoms with Crippen LogP contribution in [0.1, 0.15) is 20.8 Å². The molecule has 0 spiro atoms. The predicted octanol–water partition coefficient (Wildman–Crippen LogP) is 1.16. The summed E-state index contributed by atoms with van der Waals surface area (Å²) < 4.78 is 10.5. The Labute approximate surface area is 47.6 Å². The van der Waals surface area contributed by atoms with Crippen LogP contribution in [-0.2, 0) is 10.8 Å². The molecule has 1 atom stereocenters. The highest BCUT2D eigenvalue weighted by atomic mass is 32.2. The third-order valence-electron chi connectivity index (χ3n) is 0.862. The average Bonchev–Trinajstić information content (AvgIpc) is 1.31. The normalized spacial score (nSPS) is 16.6. The van der Waals surface area contributed by atoms with Crippen molar-refractivity contribution in [3.05, 3.63) is 0 Å². The van der Waals surface area contributed by atoms with Crippen molar-refractivity contribution in [3.8, 4) is 0 Å². The first-order valence-corrected chi connectivity index (χ1v) is 3.84. The highest BCUT2D eigenvalue weighted by Crippen LogP contribution is 2.07. The number of hydrogen-bond donors (Lipinski definition) is 0. The summed E-state index contributed by atoms with van der Waals surface area (Å²) in [4.78, 5) is 0. The van der Waals surface area contributed by atoms with Gasteiger partial charge in [-0.05, 0) is 20.8 Å². The van der Waals surface area contributed by atoms with Gasteiger partial charge in [0.25, 0.3) is 0 Å². The molecule has 0 amide bonds. The molecule has 0 aromatic carbocycles. The van der Waals surface area contributed by atoms with E-state index in [0.717, 1.165) is 0 Å². The summed E-state index contributed by atoms with van der Waals surface area (Å²) in [5.74, 6) is 0. The minimum absolute atomic E-state index is 0.0278. The van der Waals surface area contributed by atoms with Crippen molar-refractivity contribution in [2.45, 2.75) is 25.5 Å². The minimum Gasteiger partial charge on any atom is -0.259 e. The van der Waals surface area contributed by atoms with E-state index in [1.165, 1.54) is 0 Å². The summed E-state index contributed by atoms with van der Waals surface area (Å²) in [5, 5.41) is 0. The molecular weight excluding hydrogens is 108 g/mol. The maximum atomic E-state index is 10.6. The van der Waals surface area contributed by atoms with Crippen molar-refractivity contribution in [2.75, 3.05) is 6.26 Å². The predicted molar refractivity (Wildman–Crippen MR) is 33.8 cm³/mol. The topological polar surface area (TPSA) is 17.1 Å². The zero-order valence-corrected chi connectivity index (χ0v) is 6.13. The Morgan fingerprint density at radius 2 is 1.43 bits per heavy atom. The molecule has 0 saturated heterocycles. The van der Waals surface area contributed by atoms with Gasteiger partial charge in [-0.3, -0.25) is 4.21 Å². The molecule has 0 fully saturated rings. The van der Waals surface area contributed by atoms with Gasteiger partial charge in [0, 0.05) is 21.8 Å². The monoisotopic (exact) mass is 120 g/mol. The van der Waals surface area contributed by atoms with Gasteiger partial charge in [-0.2, -0.15) is 0 Å². The second kappa shape index (κ2) is 1.95. The van der Waals surface area contributed by atoms with Crippen LogP contribution >= 0.6 is 0 Å². The zero-order valence-electron chi connectivity index (χ0n) is 5.32. The molecule has 1 unspecified atom stereocenters. The molecule has 0 aliphatic carbocycles. The summed E-state index contributed by atoms with van der Waals surface area (Å²) in [6.45, 7) is 5.88. The molecule has 2 heteroatoms. The molecule has 0 N–H and O–H groups in total. The van der Waals surface area contributed by atoms with E-state index in [2.05, 4.69) is 0 Å². The lowest BCUT2D eigenvalue weighted by atomic mass is 10.3. The van der Waals surface area contributed by atoms with Gasteiger partial charge in [-0.25, -0.2) is 0 Å². The van der Waals surface area contributed by atoms with Crippen LogP contribution in [0.25, 0.3) is 0 Å². The lowest BCUT2D eigenvalue weighted by molar-refractivity contribution is 0.654. The molecule has 0 aliphatic rings. The molecule has 1 nitrogen and oxygen atoms in total. The Morgan fingerprint density at radius 1 is 1.29 bits per heavy atom. The first-order valence-electron chi connectivity index (χ1n) is 2.28. The standard InChI is InChI=1S/C5H12OS/c1-5(2,3)7(4)6/h1-4H3. The third kappa shape index (κ3) is 2.80. The molecule has 0 heterocycles. The molecule has 0 rings (SSSR count). The fourth-order valence-corrected chi connectivity index (χ4v) is 0. The van der Waals surface area contributed by atoms with Crippen LogP contribution in [0.2, 0.25) is 0 Å². The first kappa shape index (κ1) is 7.15. The van der Waals surface area contributed by atoms with Crippen molar-refractivity contribution in [3.63, 3.8) is 0 Å². The van der Waals surface area contributed by atoms with Gasteiger partial charge >= 0.3 is 0 Å². The van der Waals surface area contributed by atoms with Crippen LogP contribution in [0.4, 0.5) is 0 Å². The molecule has 0 saturated carbocycles. The highest BCUT2D eigenvalue weighted by molar-refractivity contribution is 7.85. The summed E-state index contributed by atoms with van der Waals surface area (Å²) in [7, 11) is -0.683. The quantitative estimate of drug-likeness (QED) is 0.469. The zero-order chi connectivity index (χ0) is 6.08. The van der Waals surface area contributed by atoms with E-state index in [1.54, 1.807) is 6.26 Å². The molecule has 7 heavy (non-hydrogen) atoms. The lowest BCUT2D eigenvalue weighted by Crippen LogP contribution is -2.19. The molecule has 0 aromatic heterocycles. The van der Waals surface area contributed by atoms with E-state index < -0.39 is 10.8 Å². The Bertz CT molecular complexity index is 80.6. The fourth-order valence-electron chi connectivity index (χ4n) is 0. The third-order valence-corrected chi connectivity index (χ3v) is 2.59. The number of rotatable bonds is 0. The van der Waals surface area contributed by atoms with Crippen molar-refractivity contribution in [2.24, 2.45) is 0 Å². The molecule has 0 aliphatic heterocycles. The first-order chi connectivity index (χ1) is 2.94. The fraction of sp³-hybridized carbons (Fsp3) is 1.00. The SMILES string of the molecule is CS(=O)C(C)(C)C. The number of hydrogen-bond acceptors (Lipinski definition) is 1. The molecule has 0 bridgehead atoms. The van der Waals surface area contributed by atoms with E-state index >= 15 is 0 Å². The lowest BCUT2D eigenvalue weighted by Gasteiger charge is -2.12. The summed E-state index contributed by atoms with van der Waals surface area (Å²) in [6.07, 6.45) is 1.72. The molecule has 0 radical (unpaired) electrons. The summed E-state index contributed by atoms with van der Waals surface area (Å²) in [6, 6.07) is 0. The van der Waals surface area contributed by atoms with Crippen LogP contribution in [0.15, 0.2) is 0 Å². The second-order valence-corrected chi connectivity index (χ2v) is 4.70. The Kier molecular flexibility index (Phi) is 1.99. The van der Waals surface area contributed by atoms with E-state index in [0.29, 0.717) is 0 Å². The van der Waals surface area contributed by atoms with Crippen LogP contribution in [0.3, 0.4) is 0 Å². The highest BCUT2D eigenvalue weighted by Gasteiger charge is 2.13. The van der Waals surface area contributed by atoms with E-state index in [9.17, 15) is 4.21 Å². The molecule has 44 valence electrons. The van der Waals surface area contributed by atoms with Crippen molar-refractivity contribution >= 4 is 10.8 Å². The van der Waals surface area contributed by atoms with E-state index in [-0.39, 0.29) is 4.75 Å². The smallest absolute Gasteiger partial charge is 0.0372 e. The van der Waals surface area contributed by atoms with Gasteiger partial charge in [0.15, 0.2) is 0 Å². The average molecular weight is 120 g/mol. The largest absolute Gasteiger partial charge is 0.259 e. The van der Waals surface area contributed by atoms with Crippen molar-refractivity contribution < 1.29 is 4.21 Å². The van der Waals surface area contributed by atoms with Crippen LogP contribution in [-0.4, -0.2) is 15.2 Å². The maximum Gasteiger partial charge on any atom is 0.0372 e. The van der Waals surface area contributed by atoms with Crippen LogP contribution in [0.5, 0.6) is 0 Å². The Hall–Kier alpha value is 0.150. The maximum absolute atomic E-state index is 10.6. The minimum atomic E-state index is -0.683. The van der Waals surface area contributed by atoms with Gasteiger partial charge in [-0.1, -0.05) is 0 Å². The van der Waals surface area contributed by atoms with Gasteiger partial charge < -0.3 is 0 Å². The molecular formula is C5H12OS. The summed E-state index contributed by atoms with van der Waals surface area (Å²) in [5.41, 5.74) is 0. The van der Waals surface area contributed by atoms with E-state index in [4.69, 9.17) is 0 Å². The Balaban J connectivity index is 3.79. The van der Waals surface area contributed by atoms with Crippen LogP contribution in [0, 0.1) is 0 Å². The van der Waals surface area contributed by atoms with Gasteiger partial charge in [0.2, 0.25) is 0 Å². The van der Waals surface area contributed by atoms with Gasteiger partial charge in [-0.15, -0.1) is 0 Å². The van der Waals surface area contributed by atoms with Gasteiger partial charge in [0.05, 0.1) is 0 Å². The van der Waals surface area contributed by atoms with Crippen molar-refractivity contribution in [1.29, 1.82) is 0 Å². The Morgan fingerprint density at radius 3 is 1.43 bits per heavy atom. The summed E-state index contributed by atoms with van der Waals surface area (Å²) >= 11 is 0.